The van der Waals surface area contributed by atoms with Crippen molar-refractivity contribution in [2.75, 3.05) is 25.6 Å². The summed E-state index contributed by atoms with van der Waals surface area (Å²) in [6.07, 6.45) is 0. The van der Waals surface area contributed by atoms with E-state index < -0.39 is 0 Å². The maximum absolute atomic E-state index is 12.5. The highest BCUT2D eigenvalue weighted by molar-refractivity contribution is 6.32. The normalized spacial score (nSPS) is 10.2. The Labute approximate surface area is 146 Å². The van der Waals surface area contributed by atoms with E-state index in [2.05, 4.69) is 5.32 Å². The van der Waals surface area contributed by atoms with E-state index in [0.29, 0.717) is 46.7 Å². The molecule has 0 radical (unpaired) electrons. The topological polar surface area (TPSA) is 56.8 Å². The molecule has 0 aliphatic rings. The first-order valence-electron chi connectivity index (χ1n) is 7.63. The molecule has 2 aromatic rings. The number of carbonyl (C=O) groups excluding carboxylic acids is 1. The van der Waals surface area contributed by atoms with E-state index >= 15 is 0 Å². The lowest BCUT2D eigenvalue weighted by Crippen LogP contribution is -2.12. The lowest BCUT2D eigenvalue weighted by Gasteiger charge is -2.14. The van der Waals surface area contributed by atoms with Crippen LogP contribution in [-0.4, -0.2) is 26.2 Å². The fraction of sp³-hybridized carbons (Fsp3) is 0.278. The summed E-state index contributed by atoms with van der Waals surface area (Å²) >= 11 is 6.24. The average Bonchev–Trinajstić information content (AvgIpc) is 2.58. The van der Waals surface area contributed by atoms with Gasteiger partial charge in [-0.1, -0.05) is 17.7 Å². The summed E-state index contributed by atoms with van der Waals surface area (Å²) in [7, 11) is 1.57. The molecule has 128 valence electrons. The number of hydrogen-bond acceptors (Lipinski definition) is 4. The third-order valence-corrected chi connectivity index (χ3v) is 3.47. The Kier molecular flexibility index (Phi) is 6.32. The van der Waals surface area contributed by atoms with Gasteiger partial charge in [-0.2, -0.15) is 0 Å². The molecule has 1 N–H and O–H groups in total. The number of nitrogens with one attached hydrogen (secondary N) is 1. The van der Waals surface area contributed by atoms with E-state index in [9.17, 15) is 4.79 Å². The van der Waals surface area contributed by atoms with Crippen LogP contribution in [0.25, 0.3) is 0 Å². The molecule has 0 aliphatic carbocycles. The number of carbonyl (C=O) groups is 1. The Morgan fingerprint density at radius 2 is 1.88 bits per heavy atom. The monoisotopic (exact) mass is 349 g/mol. The number of anilines is 1. The minimum Gasteiger partial charge on any atom is -0.497 e. The van der Waals surface area contributed by atoms with Crippen molar-refractivity contribution in [3.8, 4) is 17.2 Å². The van der Waals surface area contributed by atoms with Crippen LogP contribution in [0.1, 0.15) is 24.2 Å². The van der Waals surface area contributed by atoms with Gasteiger partial charge in [-0.3, -0.25) is 4.79 Å². The fourth-order valence-corrected chi connectivity index (χ4v) is 2.42. The van der Waals surface area contributed by atoms with Gasteiger partial charge in [0.2, 0.25) is 0 Å². The molecule has 0 saturated heterocycles. The molecule has 2 aromatic carbocycles. The van der Waals surface area contributed by atoms with Gasteiger partial charge in [0, 0.05) is 17.3 Å². The number of rotatable bonds is 7. The van der Waals surface area contributed by atoms with Gasteiger partial charge in [-0.05, 0) is 38.1 Å². The summed E-state index contributed by atoms with van der Waals surface area (Å²) in [4.78, 5) is 12.5. The zero-order valence-electron chi connectivity index (χ0n) is 13.9. The van der Waals surface area contributed by atoms with E-state index in [-0.39, 0.29) is 5.91 Å². The molecule has 0 saturated carbocycles. The van der Waals surface area contributed by atoms with Crippen LogP contribution in [0, 0.1) is 0 Å². The largest absolute Gasteiger partial charge is 0.497 e. The number of hydrogen-bond donors (Lipinski definition) is 1. The van der Waals surface area contributed by atoms with Crippen LogP contribution in [0.5, 0.6) is 17.2 Å². The minimum absolute atomic E-state index is 0.297. The molecular weight excluding hydrogens is 330 g/mol. The molecule has 0 aliphatic heterocycles. The van der Waals surface area contributed by atoms with Crippen LogP contribution in [-0.2, 0) is 0 Å². The van der Waals surface area contributed by atoms with Gasteiger partial charge in [0.1, 0.15) is 5.75 Å². The zero-order chi connectivity index (χ0) is 17.5. The molecule has 1 amide bonds. The number of ether oxygens (including phenoxy) is 3. The number of benzene rings is 2. The quantitative estimate of drug-likeness (QED) is 0.805. The third kappa shape index (κ3) is 4.32. The van der Waals surface area contributed by atoms with Crippen molar-refractivity contribution in [3.63, 3.8) is 0 Å². The SMILES string of the molecule is CCOc1cc(C(=O)Nc2cccc(OC)c2)cc(Cl)c1OCC. The van der Waals surface area contributed by atoms with Gasteiger partial charge < -0.3 is 19.5 Å². The first kappa shape index (κ1) is 17.9. The second kappa shape index (κ2) is 8.45. The Morgan fingerprint density at radius 1 is 1.12 bits per heavy atom. The summed E-state index contributed by atoms with van der Waals surface area (Å²) in [6, 6.07) is 10.3. The molecular formula is C18H20ClNO4. The van der Waals surface area contributed by atoms with Crippen molar-refractivity contribution in [2.24, 2.45) is 0 Å². The van der Waals surface area contributed by atoms with Gasteiger partial charge in [0.05, 0.1) is 25.3 Å². The van der Waals surface area contributed by atoms with E-state index in [1.54, 1.807) is 43.5 Å². The lowest BCUT2D eigenvalue weighted by molar-refractivity contribution is 0.102. The van der Waals surface area contributed by atoms with Gasteiger partial charge in [-0.15, -0.1) is 0 Å². The smallest absolute Gasteiger partial charge is 0.255 e. The van der Waals surface area contributed by atoms with Crippen molar-refractivity contribution in [3.05, 3.63) is 47.0 Å². The summed E-state index contributed by atoms with van der Waals surface area (Å²) in [5, 5.41) is 3.14. The van der Waals surface area contributed by atoms with Gasteiger partial charge in [-0.25, -0.2) is 0 Å². The predicted octanol–water partition coefficient (Wildman–Crippen LogP) is 4.40. The van der Waals surface area contributed by atoms with Crippen molar-refractivity contribution >= 4 is 23.2 Å². The van der Waals surface area contributed by atoms with Crippen LogP contribution in [0.15, 0.2) is 36.4 Å². The molecule has 5 nitrogen and oxygen atoms in total. The maximum Gasteiger partial charge on any atom is 0.255 e. The van der Waals surface area contributed by atoms with Crippen LogP contribution in [0.3, 0.4) is 0 Å². The Morgan fingerprint density at radius 3 is 2.54 bits per heavy atom. The summed E-state index contributed by atoms with van der Waals surface area (Å²) in [5.74, 6) is 1.25. The van der Waals surface area contributed by atoms with E-state index in [4.69, 9.17) is 25.8 Å². The van der Waals surface area contributed by atoms with E-state index in [0.717, 1.165) is 0 Å². The number of amides is 1. The second-order valence-corrected chi connectivity index (χ2v) is 5.24. The van der Waals surface area contributed by atoms with Crippen LogP contribution >= 0.6 is 11.6 Å². The van der Waals surface area contributed by atoms with Crippen LogP contribution in [0.2, 0.25) is 5.02 Å². The molecule has 0 spiro atoms. The fourth-order valence-electron chi connectivity index (χ4n) is 2.15. The average molecular weight is 350 g/mol. The number of methoxy groups -OCH3 is 1. The molecule has 0 heterocycles. The third-order valence-electron chi connectivity index (χ3n) is 3.19. The molecule has 0 aromatic heterocycles. The van der Waals surface area contributed by atoms with Crippen molar-refractivity contribution in [1.29, 1.82) is 0 Å². The molecule has 0 bridgehead atoms. The molecule has 2 rings (SSSR count). The molecule has 24 heavy (non-hydrogen) atoms. The van der Waals surface area contributed by atoms with E-state index in [1.807, 2.05) is 13.8 Å². The number of halogens is 1. The highest BCUT2D eigenvalue weighted by Crippen LogP contribution is 2.37. The molecule has 0 unspecified atom stereocenters. The van der Waals surface area contributed by atoms with Crippen LogP contribution < -0.4 is 19.5 Å². The maximum atomic E-state index is 12.5. The van der Waals surface area contributed by atoms with Crippen molar-refractivity contribution < 1.29 is 19.0 Å². The second-order valence-electron chi connectivity index (χ2n) is 4.84. The minimum atomic E-state index is -0.297. The van der Waals surface area contributed by atoms with Crippen molar-refractivity contribution in [1.82, 2.24) is 0 Å². The summed E-state index contributed by atoms with van der Waals surface area (Å²) in [6.45, 7) is 4.61. The van der Waals surface area contributed by atoms with Gasteiger partial charge in [0.25, 0.3) is 5.91 Å². The van der Waals surface area contributed by atoms with E-state index in [1.165, 1.54) is 0 Å². The Balaban J connectivity index is 2.28. The summed E-state index contributed by atoms with van der Waals surface area (Å²) in [5.41, 5.74) is 1.01. The first-order valence-corrected chi connectivity index (χ1v) is 8.01. The first-order chi connectivity index (χ1) is 11.6. The molecule has 0 fully saturated rings. The predicted molar refractivity (Wildman–Crippen MR) is 94.7 cm³/mol. The van der Waals surface area contributed by atoms with Gasteiger partial charge in [0.15, 0.2) is 11.5 Å². The van der Waals surface area contributed by atoms with Gasteiger partial charge >= 0.3 is 0 Å². The molecule has 6 heteroatoms. The highest BCUT2D eigenvalue weighted by Gasteiger charge is 2.16. The summed E-state index contributed by atoms with van der Waals surface area (Å²) < 4.78 is 16.2. The van der Waals surface area contributed by atoms with Crippen LogP contribution in [0.4, 0.5) is 5.69 Å². The Hall–Kier alpha value is -2.40. The molecule has 0 atom stereocenters. The Bertz CT molecular complexity index is 718. The zero-order valence-corrected chi connectivity index (χ0v) is 14.6. The lowest BCUT2D eigenvalue weighted by atomic mass is 10.1. The standard InChI is InChI=1S/C18H20ClNO4/c1-4-23-16-10-12(9-15(19)17(16)24-5-2)18(21)20-13-7-6-8-14(11-13)22-3/h6-11H,4-5H2,1-3H3,(H,20,21). The van der Waals surface area contributed by atoms with Crippen molar-refractivity contribution in [2.45, 2.75) is 13.8 Å². The highest BCUT2D eigenvalue weighted by atomic mass is 35.5.